The fraction of sp³-hybridized carbons (Fsp3) is 0.263. The molecule has 1 heterocycles. The molecule has 0 bridgehead atoms. The van der Waals surface area contributed by atoms with Crippen LogP contribution in [0.5, 0.6) is 0 Å². The molecule has 23 heavy (non-hydrogen) atoms. The minimum Gasteiger partial charge on any atom is -0.322 e. The summed E-state index contributed by atoms with van der Waals surface area (Å²) in [5.41, 5.74) is 6.50. The molecule has 0 aliphatic heterocycles. The highest BCUT2D eigenvalue weighted by atomic mass is 32.1. The van der Waals surface area contributed by atoms with Crippen LogP contribution in [0.15, 0.2) is 41.9 Å². The van der Waals surface area contributed by atoms with Gasteiger partial charge in [-0.2, -0.15) is 0 Å². The van der Waals surface area contributed by atoms with Crippen molar-refractivity contribution < 1.29 is 4.79 Å². The molecule has 4 heteroatoms. The first-order valence-electron chi connectivity index (χ1n) is 7.60. The van der Waals surface area contributed by atoms with Gasteiger partial charge in [0.05, 0.1) is 15.7 Å². The topological polar surface area (TPSA) is 42.0 Å². The number of anilines is 1. The summed E-state index contributed by atoms with van der Waals surface area (Å²) >= 11 is 1.59. The zero-order valence-corrected chi connectivity index (χ0v) is 14.6. The molecule has 0 radical (unpaired) electrons. The zero-order chi connectivity index (χ0) is 16.6. The summed E-state index contributed by atoms with van der Waals surface area (Å²) in [6, 6.07) is 11.8. The maximum Gasteiger partial charge on any atom is 0.255 e. The van der Waals surface area contributed by atoms with Gasteiger partial charge in [0.1, 0.15) is 0 Å². The molecule has 0 saturated heterocycles. The van der Waals surface area contributed by atoms with Gasteiger partial charge in [0.25, 0.3) is 5.91 Å². The molecule has 118 valence electrons. The molecule has 3 rings (SSSR count). The number of nitrogens with zero attached hydrogens (tertiary/aromatic N) is 1. The SMILES string of the molecule is Cc1cc(C(C)(C)C)ccc1C(=O)Nc1ccc2scnc2c1. The monoisotopic (exact) mass is 324 g/mol. The maximum absolute atomic E-state index is 12.5. The van der Waals surface area contributed by atoms with Crippen LogP contribution in [0.1, 0.15) is 42.3 Å². The summed E-state index contributed by atoms with van der Waals surface area (Å²) in [5, 5.41) is 2.96. The fourth-order valence-corrected chi connectivity index (χ4v) is 3.18. The van der Waals surface area contributed by atoms with E-state index in [1.807, 2.05) is 42.8 Å². The molecule has 3 aromatic rings. The molecular weight excluding hydrogens is 304 g/mol. The summed E-state index contributed by atoms with van der Waals surface area (Å²) in [6.07, 6.45) is 0. The number of carbonyl (C=O) groups is 1. The van der Waals surface area contributed by atoms with Crippen molar-refractivity contribution >= 4 is 33.1 Å². The van der Waals surface area contributed by atoms with Crippen LogP contribution in [0.3, 0.4) is 0 Å². The Morgan fingerprint density at radius 3 is 2.61 bits per heavy atom. The van der Waals surface area contributed by atoms with Crippen LogP contribution in [0, 0.1) is 6.92 Å². The van der Waals surface area contributed by atoms with Crippen molar-refractivity contribution in [3.63, 3.8) is 0 Å². The fourth-order valence-electron chi connectivity index (χ4n) is 2.52. The third-order valence-corrected chi connectivity index (χ3v) is 4.74. The summed E-state index contributed by atoms with van der Waals surface area (Å²) in [5.74, 6) is -0.0856. The summed E-state index contributed by atoms with van der Waals surface area (Å²) in [4.78, 5) is 16.8. The van der Waals surface area contributed by atoms with Crippen LogP contribution in [-0.2, 0) is 5.41 Å². The third-order valence-electron chi connectivity index (χ3n) is 3.93. The molecule has 0 unspecified atom stereocenters. The van der Waals surface area contributed by atoms with Crippen molar-refractivity contribution in [2.75, 3.05) is 5.32 Å². The standard InChI is InChI=1S/C19H20N2OS/c1-12-9-13(19(2,3)4)5-7-15(12)18(22)21-14-6-8-17-16(10-14)20-11-23-17/h5-11H,1-4H3,(H,21,22). The maximum atomic E-state index is 12.5. The highest BCUT2D eigenvalue weighted by Gasteiger charge is 2.16. The molecule has 0 aliphatic rings. The van der Waals surface area contributed by atoms with Crippen molar-refractivity contribution in [2.45, 2.75) is 33.1 Å². The van der Waals surface area contributed by atoms with E-state index in [1.165, 1.54) is 5.56 Å². The predicted molar refractivity (Wildman–Crippen MR) is 97.5 cm³/mol. The Labute approximate surface area is 140 Å². The van der Waals surface area contributed by atoms with Crippen LogP contribution in [0.2, 0.25) is 0 Å². The molecule has 2 aromatic carbocycles. The Kier molecular flexibility index (Phi) is 3.94. The first kappa shape index (κ1) is 15.7. The number of amides is 1. The Hall–Kier alpha value is -2.20. The zero-order valence-electron chi connectivity index (χ0n) is 13.8. The van der Waals surface area contributed by atoms with Crippen LogP contribution in [0.4, 0.5) is 5.69 Å². The molecule has 0 atom stereocenters. The number of aryl methyl sites for hydroxylation is 1. The van der Waals surface area contributed by atoms with Gasteiger partial charge in [-0.3, -0.25) is 4.79 Å². The van der Waals surface area contributed by atoms with Crippen molar-refractivity contribution in [2.24, 2.45) is 0 Å². The van der Waals surface area contributed by atoms with Gasteiger partial charge in [0.2, 0.25) is 0 Å². The highest BCUT2D eigenvalue weighted by Crippen LogP contribution is 2.25. The van der Waals surface area contributed by atoms with Gasteiger partial charge in [-0.15, -0.1) is 11.3 Å². The Morgan fingerprint density at radius 2 is 1.91 bits per heavy atom. The second-order valence-corrected chi connectivity index (χ2v) is 7.66. The van der Waals surface area contributed by atoms with Gasteiger partial charge in [0.15, 0.2) is 0 Å². The van der Waals surface area contributed by atoms with Crippen molar-refractivity contribution in [1.29, 1.82) is 0 Å². The van der Waals surface area contributed by atoms with Crippen LogP contribution in [0.25, 0.3) is 10.2 Å². The molecule has 1 aromatic heterocycles. The lowest BCUT2D eigenvalue weighted by molar-refractivity contribution is 0.102. The first-order valence-corrected chi connectivity index (χ1v) is 8.48. The Morgan fingerprint density at radius 1 is 1.13 bits per heavy atom. The molecule has 0 aliphatic carbocycles. The lowest BCUT2D eigenvalue weighted by Gasteiger charge is -2.20. The van der Waals surface area contributed by atoms with E-state index in [9.17, 15) is 4.79 Å². The predicted octanol–water partition coefficient (Wildman–Crippen LogP) is 5.15. The average molecular weight is 324 g/mol. The van der Waals surface area contributed by atoms with E-state index < -0.39 is 0 Å². The largest absolute Gasteiger partial charge is 0.322 e. The van der Waals surface area contributed by atoms with Crippen molar-refractivity contribution in [3.8, 4) is 0 Å². The average Bonchev–Trinajstić information content (AvgIpc) is 2.93. The lowest BCUT2D eigenvalue weighted by atomic mass is 9.85. The van der Waals surface area contributed by atoms with Gasteiger partial charge in [0, 0.05) is 11.3 Å². The van der Waals surface area contributed by atoms with Crippen LogP contribution >= 0.6 is 11.3 Å². The molecule has 1 amide bonds. The number of nitrogens with one attached hydrogen (secondary N) is 1. The van der Waals surface area contributed by atoms with Gasteiger partial charge >= 0.3 is 0 Å². The highest BCUT2D eigenvalue weighted by molar-refractivity contribution is 7.16. The van der Waals surface area contributed by atoms with Crippen LogP contribution < -0.4 is 5.32 Å². The smallest absolute Gasteiger partial charge is 0.255 e. The number of fused-ring (bicyclic) bond motifs is 1. The van der Waals surface area contributed by atoms with Crippen LogP contribution in [-0.4, -0.2) is 10.9 Å². The third kappa shape index (κ3) is 3.27. The van der Waals surface area contributed by atoms with Crippen molar-refractivity contribution in [3.05, 3.63) is 58.6 Å². The number of benzene rings is 2. The summed E-state index contributed by atoms with van der Waals surface area (Å²) in [7, 11) is 0. The molecule has 0 saturated carbocycles. The molecule has 1 N–H and O–H groups in total. The second kappa shape index (κ2) is 5.78. The van der Waals surface area contributed by atoms with E-state index in [-0.39, 0.29) is 11.3 Å². The normalized spacial score (nSPS) is 11.7. The molecule has 0 spiro atoms. The second-order valence-electron chi connectivity index (χ2n) is 6.77. The van der Waals surface area contributed by atoms with Crippen molar-refractivity contribution in [1.82, 2.24) is 4.98 Å². The summed E-state index contributed by atoms with van der Waals surface area (Å²) in [6.45, 7) is 8.49. The quantitative estimate of drug-likeness (QED) is 0.708. The van der Waals surface area contributed by atoms with Gasteiger partial charge < -0.3 is 5.32 Å². The lowest BCUT2D eigenvalue weighted by Crippen LogP contribution is -2.16. The summed E-state index contributed by atoms with van der Waals surface area (Å²) < 4.78 is 1.12. The van der Waals surface area contributed by atoms with E-state index >= 15 is 0 Å². The molecule has 0 fully saturated rings. The number of hydrogen-bond acceptors (Lipinski definition) is 3. The first-order chi connectivity index (χ1) is 10.8. The minimum atomic E-state index is -0.0856. The molecule has 3 nitrogen and oxygen atoms in total. The van der Waals surface area contributed by atoms with E-state index in [1.54, 1.807) is 11.3 Å². The number of rotatable bonds is 2. The van der Waals surface area contributed by atoms with Gasteiger partial charge in [-0.05, 0) is 47.7 Å². The number of thiazole rings is 1. The van der Waals surface area contributed by atoms with E-state index in [2.05, 4.69) is 37.1 Å². The van der Waals surface area contributed by atoms with Gasteiger partial charge in [-0.1, -0.05) is 32.9 Å². The minimum absolute atomic E-state index is 0.0788. The van der Waals surface area contributed by atoms with Gasteiger partial charge in [-0.25, -0.2) is 4.98 Å². The van der Waals surface area contributed by atoms with E-state index in [4.69, 9.17) is 0 Å². The van der Waals surface area contributed by atoms with E-state index in [0.717, 1.165) is 21.5 Å². The molecular formula is C19H20N2OS. The number of aromatic nitrogens is 1. The Balaban J connectivity index is 1.85. The number of carbonyl (C=O) groups excluding carboxylic acids is 1. The Bertz CT molecular complexity index is 874. The van der Waals surface area contributed by atoms with E-state index in [0.29, 0.717) is 5.56 Å². The number of hydrogen-bond donors (Lipinski definition) is 1.